The zero-order valence-corrected chi connectivity index (χ0v) is 16.0. The van der Waals surface area contributed by atoms with E-state index in [0.29, 0.717) is 37.4 Å². The van der Waals surface area contributed by atoms with Crippen LogP contribution in [-0.4, -0.2) is 54.3 Å². The molecule has 2 amide bonds. The number of pyridine rings is 1. The monoisotopic (exact) mass is 387 g/mol. The Morgan fingerprint density at radius 2 is 2.04 bits per heavy atom. The van der Waals surface area contributed by atoms with E-state index < -0.39 is 0 Å². The van der Waals surface area contributed by atoms with Crippen molar-refractivity contribution in [2.24, 2.45) is 0 Å². The number of fused-ring (bicyclic) bond motifs is 1. The molecule has 8 heteroatoms. The summed E-state index contributed by atoms with van der Waals surface area (Å²) >= 11 is 1.51. The third-order valence-electron chi connectivity index (χ3n) is 4.45. The minimum atomic E-state index is -0.319. The van der Waals surface area contributed by atoms with Gasteiger partial charge in [-0.3, -0.25) is 14.4 Å². The van der Waals surface area contributed by atoms with Crippen molar-refractivity contribution >= 4 is 23.6 Å². The Hall–Kier alpha value is -2.74. The fraction of sp³-hybridized carbons (Fsp3) is 0.316. The quantitative estimate of drug-likeness (QED) is 0.759. The molecule has 7 nitrogen and oxygen atoms in total. The van der Waals surface area contributed by atoms with Gasteiger partial charge in [0.2, 0.25) is 5.43 Å². The smallest absolute Gasteiger partial charge is 0.270 e. The van der Waals surface area contributed by atoms with Gasteiger partial charge in [0.15, 0.2) is 5.75 Å². The number of aromatic nitrogens is 1. The maximum absolute atomic E-state index is 12.6. The minimum absolute atomic E-state index is 0.161. The number of ether oxygens (including phenoxy) is 1. The molecule has 0 unspecified atom stereocenters. The molecule has 1 aromatic heterocycles. The van der Waals surface area contributed by atoms with Crippen molar-refractivity contribution in [3.8, 4) is 5.75 Å². The highest BCUT2D eigenvalue weighted by Gasteiger charge is 2.25. The fourth-order valence-electron chi connectivity index (χ4n) is 3.01. The molecule has 2 heterocycles. The van der Waals surface area contributed by atoms with Gasteiger partial charge in [0.1, 0.15) is 5.69 Å². The van der Waals surface area contributed by atoms with E-state index in [9.17, 15) is 14.4 Å². The Kier molecular flexibility index (Phi) is 5.85. The summed E-state index contributed by atoms with van der Waals surface area (Å²) < 4.78 is 6.75. The van der Waals surface area contributed by atoms with Crippen LogP contribution in [0.3, 0.4) is 0 Å². The molecule has 27 heavy (non-hydrogen) atoms. The lowest BCUT2D eigenvalue weighted by atomic mass is 10.2. The standard InChI is InChI=1S/C19H21N3O4S/c1-26-16-12-22-10-9-21(19(25)14(22)11-15(16)23)8-7-20-18(24)13-5-3-4-6-17(13)27-2/h3-6,11-12H,7-10H2,1-2H3,(H,20,24). The molecule has 0 fully saturated rings. The highest BCUT2D eigenvalue weighted by molar-refractivity contribution is 7.98. The Morgan fingerprint density at radius 1 is 1.26 bits per heavy atom. The van der Waals surface area contributed by atoms with Crippen molar-refractivity contribution in [1.29, 1.82) is 0 Å². The molecular formula is C19H21N3O4S. The van der Waals surface area contributed by atoms with Gasteiger partial charge in [0, 0.05) is 37.1 Å². The number of hydrogen-bond acceptors (Lipinski definition) is 5. The molecule has 0 bridgehead atoms. The van der Waals surface area contributed by atoms with Gasteiger partial charge in [-0.1, -0.05) is 12.1 Å². The Bertz CT molecular complexity index is 925. The molecule has 0 radical (unpaired) electrons. The van der Waals surface area contributed by atoms with Crippen molar-refractivity contribution in [2.75, 3.05) is 33.0 Å². The van der Waals surface area contributed by atoms with Crippen molar-refractivity contribution in [1.82, 2.24) is 14.8 Å². The summed E-state index contributed by atoms with van der Waals surface area (Å²) in [6.45, 7) is 1.80. The number of nitrogens with zero attached hydrogens (tertiary/aromatic N) is 2. The Balaban J connectivity index is 1.63. The lowest BCUT2D eigenvalue weighted by Crippen LogP contribution is -2.45. The second-order valence-corrected chi connectivity index (χ2v) is 6.88. The molecule has 2 aromatic rings. The van der Waals surface area contributed by atoms with E-state index in [-0.39, 0.29) is 23.0 Å². The maximum Gasteiger partial charge on any atom is 0.270 e. The number of rotatable bonds is 6. The molecular weight excluding hydrogens is 366 g/mol. The summed E-state index contributed by atoms with van der Waals surface area (Å²) in [4.78, 5) is 39.5. The third-order valence-corrected chi connectivity index (χ3v) is 5.24. The van der Waals surface area contributed by atoms with Crippen LogP contribution >= 0.6 is 11.8 Å². The largest absolute Gasteiger partial charge is 0.491 e. The lowest BCUT2D eigenvalue weighted by molar-refractivity contribution is 0.0696. The fourth-order valence-corrected chi connectivity index (χ4v) is 3.61. The van der Waals surface area contributed by atoms with Crippen molar-refractivity contribution in [3.63, 3.8) is 0 Å². The van der Waals surface area contributed by atoms with Gasteiger partial charge >= 0.3 is 0 Å². The topological polar surface area (TPSA) is 80.6 Å². The minimum Gasteiger partial charge on any atom is -0.491 e. The zero-order chi connectivity index (χ0) is 19.4. The predicted molar refractivity (Wildman–Crippen MR) is 104 cm³/mol. The molecule has 142 valence electrons. The number of amides is 2. The van der Waals surface area contributed by atoms with Gasteiger partial charge in [-0.15, -0.1) is 11.8 Å². The van der Waals surface area contributed by atoms with Crippen LogP contribution in [-0.2, 0) is 6.54 Å². The number of nitrogens with one attached hydrogen (secondary N) is 1. The second kappa shape index (κ2) is 8.30. The molecule has 1 aliphatic heterocycles. The van der Waals surface area contributed by atoms with E-state index in [4.69, 9.17) is 4.74 Å². The molecule has 0 aliphatic carbocycles. The van der Waals surface area contributed by atoms with Gasteiger partial charge in [0.25, 0.3) is 11.8 Å². The molecule has 0 spiro atoms. The first-order chi connectivity index (χ1) is 13.0. The van der Waals surface area contributed by atoms with Crippen LogP contribution in [0.5, 0.6) is 5.75 Å². The summed E-state index contributed by atoms with van der Waals surface area (Å²) in [7, 11) is 1.43. The number of carbonyl (C=O) groups is 2. The molecule has 0 saturated heterocycles. The first kappa shape index (κ1) is 19.0. The van der Waals surface area contributed by atoms with E-state index in [1.807, 2.05) is 24.5 Å². The van der Waals surface area contributed by atoms with Gasteiger partial charge in [-0.05, 0) is 18.4 Å². The molecule has 1 aliphatic rings. The van der Waals surface area contributed by atoms with Gasteiger partial charge in [-0.2, -0.15) is 0 Å². The first-order valence-electron chi connectivity index (χ1n) is 8.54. The predicted octanol–water partition coefficient (Wildman–Crippen LogP) is 1.46. The molecule has 3 rings (SSSR count). The summed E-state index contributed by atoms with van der Waals surface area (Å²) in [6, 6.07) is 8.70. The number of thioether (sulfide) groups is 1. The Morgan fingerprint density at radius 3 is 2.78 bits per heavy atom. The van der Waals surface area contributed by atoms with Crippen molar-refractivity contribution in [2.45, 2.75) is 11.4 Å². The van der Waals surface area contributed by atoms with E-state index in [0.717, 1.165) is 4.90 Å². The summed E-state index contributed by atoms with van der Waals surface area (Å²) in [5, 5.41) is 2.86. The Labute approximate surface area is 161 Å². The highest BCUT2D eigenvalue weighted by atomic mass is 32.2. The summed E-state index contributed by atoms with van der Waals surface area (Å²) in [6.07, 6.45) is 3.49. The second-order valence-electron chi connectivity index (χ2n) is 6.03. The van der Waals surface area contributed by atoms with Gasteiger partial charge in [-0.25, -0.2) is 0 Å². The van der Waals surface area contributed by atoms with Crippen molar-refractivity contribution < 1.29 is 14.3 Å². The van der Waals surface area contributed by atoms with Crippen LogP contribution in [0.1, 0.15) is 20.8 Å². The van der Waals surface area contributed by atoms with Gasteiger partial charge < -0.3 is 19.5 Å². The summed E-state index contributed by atoms with van der Waals surface area (Å²) in [5.74, 6) is -0.162. The first-order valence-corrected chi connectivity index (χ1v) is 9.76. The molecule has 0 saturated carbocycles. The van der Waals surface area contributed by atoms with Crippen LogP contribution in [0, 0.1) is 0 Å². The van der Waals surface area contributed by atoms with E-state index in [1.54, 1.807) is 21.7 Å². The third kappa shape index (κ3) is 4.00. The number of methoxy groups -OCH3 is 1. The van der Waals surface area contributed by atoms with Crippen LogP contribution in [0.4, 0.5) is 0 Å². The average molecular weight is 387 g/mol. The number of carbonyl (C=O) groups excluding carboxylic acids is 2. The van der Waals surface area contributed by atoms with E-state index in [1.165, 1.54) is 24.9 Å². The highest BCUT2D eigenvalue weighted by Crippen LogP contribution is 2.19. The van der Waals surface area contributed by atoms with Gasteiger partial charge in [0.05, 0.1) is 18.9 Å². The van der Waals surface area contributed by atoms with E-state index in [2.05, 4.69) is 5.32 Å². The number of benzene rings is 1. The molecule has 1 aromatic carbocycles. The molecule has 0 atom stereocenters. The van der Waals surface area contributed by atoms with Crippen LogP contribution in [0.2, 0.25) is 0 Å². The maximum atomic E-state index is 12.6. The zero-order valence-electron chi connectivity index (χ0n) is 15.2. The molecule has 1 N–H and O–H groups in total. The van der Waals surface area contributed by atoms with Crippen LogP contribution in [0.25, 0.3) is 0 Å². The normalized spacial score (nSPS) is 13.3. The average Bonchev–Trinajstić information content (AvgIpc) is 2.69. The number of hydrogen-bond donors (Lipinski definition) is 1. The lowest BCUT2D eigenvalue weighted by Gasteiger charge is -2.30. The van der Waals surface area contributed by atoms with Crippen LogP contribution in [0.15, 0.2) is 46.2 Å². The summed E-state index contributed by atoms with van der Waals surface area (Å²) in [5.41, 5.74) is 0.644. The SMILES string of the molecule is COc1cn2c(cc1=O)C(=O)N(CCNC(=O)c1ccccc1SC)CC2. The van der Waals surface area contributed by atoms with Crippen molar-refractivity contribution in [3.05, 3.63) is 58.0 Å². The van der Waals surface area contributed by atoms with E-state index >= 15 is 0 Å². The van der Waals surface area contributed by atoms with Crippen LogP contribution < -0.4 is 15.5 Å².